The summed E-state index contributed by atoms with van der Waals surface area (Å²) >= 11 is 0. The number of amides is 1. The predicted molar refractivity (Wildman–Crippen MR) is 69.7 cm³/mol. The van der Waals surface area contributed by atoms with Crippen LogP contribution in [-0.4, -0.2) is 46.6 Å². The lowest BCUT2D eigenvalue weighted by atomic mass is 9.91. The first-order chi connectivity index (χ1) is 9.12. The average Bonchev–Trinajstić information content (AvgIpc) is 2.81. The summed E-state index contributed by atoms with van der Waals surface area (Å²) in [7, 11) is 0. The first kappa shape index (κ1) is 13.8. The van der Waals surface area contributed by atoms with Gasteiger partial charge in [0.05, 0.1) is 23.5 Å². The molecule has 19 heavy (non-hydrogen) atoms. The molecule has 0 unspecified atom stereocenters. The van der Waals surface area contributed by atoms with E-state index in [0.717, 1.165) is 5.69 Å². The molecule has 1 aromatic heterocycles. The fraction of sp³-hybridized carbons (Fsp3) is 0.667. The van der Waals surface area contributed by atoms with Crippen LogP contribution < -0.4 is 11.1 Å². The van der Waals surface area contributed by atoms with Crippen LogP contribution in [0.3, 0.4) is 0 Å². The molecule has 7 nitrogen and oxygen atoms in total. The van der Waals surface area contributed by atoms with Crippen molar-refractivity contribution in [2.45, 2.75) is 31.7 Å². The summed E-state index contributed by atoms with van der Waals surface area (Å²) in [5, 5.41) is 19.1. The fourth-order valence-corrected chi connectivity index (χ4v) is 2.21. The van der Waals surface area contributed by atoms with E-state index in [9.17, 15) is 9.90 Å². The maximum Gasteiger partial charge on any atom is 0.274 e. The molecule has 1 aliphatic heterocycles. The monoisotopic (exact) mass is 268 g/mol. The number of rotatable bonds is 4. The van der Waals surface area contributed by atoms with Crippen molar-refractivity contribution in [2.24, 2.45) is 0 Å². The molecule has 1 aliphatic rings. The van der Waals surface area contributed by atoms with E-state index >= 15 is 0 Å². The number of hydrogen-bond acceptors (Lipinski definition) is 5. The number of carbonyl (C=O) groups is 1. The Bertz CT molecular complexity index is 452. The van der Waals surface area contributed by atoms with E-state index in [-0.39, 0.29) is 18.2 Å². The van der Waals surface area contributed by atoms with Crippen molar-refractivity contribution < 1.29 is 14.6 Å². The fourth-order valence-electron chi connectivity index (χ4n) is 2.21. The summed E-state index contributed by atoms with van der Waals surface area (Å²) in [6, 6.07) is 0. The maximum atomic E-state index is 12.2. The van der Waals surface area contributed by atoms with Gasteiger partial charge in [0.1, 0.15) is 0 Å². The van der Waals surface area contributed by atoms with E-state index in [1.54, 1.807) is 0 Å². The molecule has 0 saturated carbocycles. The van der Waals surface area contributed by atoms with E-state index in [2.05, 4.69) is 15.5 Å². The molecule has 0 spiro atoms. The highest BCUT2D eigenvalue weighted by atomic mass is 16.5. The van der Waals surface area contributed by atoms with Crippen LogP contribution in [-0.2, 0) is 11.2 Å². The maximum absolute atomic E-state index is 12.2. The largest absolute Gasteiger partial charge is 0.395 e. The van der Waals surface area contributed by atoms with E-state index in [0.29, 0.717) is 38.2 Å². The van der Waals surface area contributed by atoms with Gasteiger partial charge in [-0.3, -0.25) is 9.89 Å². The molecule has 106 valence electrons. The molecule has 0 aliphatic carbocycles. The first-order valence-electron chi connectivity index (χ1n) is 6.45. The molecule has 0 atom stereocenters. The summed E-state index contributed by atoms with van der Waals surface area (Å²) in [5.41, 5.74) is 6.54. The van der Waals surface area contributed by atoms with Gasteiger partial charge in [-0.25, -0.2) is 0 Å². The van der Waals surface area contributed by atoms with Crippen molar-refractivity contribution in [1.82, 2.24) is 15.5 Å². The van der Waals surface area contributed by atoms with E-state index in [1.165, 1.54) is 0 Å². The van der Waals surface area contributed by atoms with Crippen molar-refractivity contribution in [3.63, 3.8) is 0 Å². The summed E-state index contributed by atoms with van der Waals surface area (Å²) in [6.07, 6.45) is 1.85. The van der Waals surface area contributed by atoms with Crippen LogP contribution in [0.2, 0.25) is 0 Å². The van der Waals surface area contributed by atoms with Crippen molar-refractivity contribution in [3.05, 3.63) is 11.4 Å². The minimum atomic E-state index is -0.632. The van der Waals surface area contributed by atoms with Crippen LogP contribution in [0.1, 0.15) is 35.9 Å². The SMILES string of the molecule is CCc1[nH]nc(C(=O)NC2(CO)CCOCC2)c1N. The number of aromatic amines is 1. The predicted octanol–water partition coefficient (Wildman–Crippen LogP) is -0.174. The number of nitrogens with two attached hydrogens (primary N) is 1. The second-order valence-corrected chi connectivity index (χ2v) is 4.82. The number of anilines is 1. The molecule has 2 heterocycles. The molecular weight excluding hydrogens is 248 g/mol. The number of nitrogens with zero attached hydrogens (tertiary/aromatic N) is 1. The number of ether oxygens (including phenoxy) is 1. The average molecular weight is 268 g/mol. The Balaban J connectivity index is 2.13. The third-order valence-electron chi connectivity index (χ3n) is 3.58. The number of aromatic nitrogens is 2. The second kappa shape index (κ2) is 5.58. The van der Waals surface area contributed by atoms with Gasteiger partial charge in [-0.2, -0.15) is 5.10 Å². The Kier molecular flexibility index (Phi) is 4.06. The number of aryl methyl sites for hydroxylation is 1. The van der Waals surface area contributed by atoms with Gasteiger partial charge in [0, 0.05) is 13.2 Å². The Labute approximate surface area is 111 Å². The highest BCUT2D eigenvalue weighted by Gasteiger charge is 2.34. The highest BCUT2D eigenvalue weighted by molar-refractivity contribution is 5.98. The third kappa shape index (κ3) is 2.71. The second-order valence-electron chi connectivity index (χ2n) is 4.82. The number of nitrogens with one attached hydrogen (secondary N) is 2. The van der Waals surface area contributed by atoms with Gasteiger partial charge in [0.2, 0.25) is 0 Å². The molecule has 0 radical (unpaired) electrons. The third-order valence-corrected chi connectivity index (χ3v) is 3.58. The number of aliphatic hydroxyl groups is 1. The summed E-state index contributed by atoms with van der Waals surface area (Å²) in [6.45, 7) is 2.86. The zero-order valence-corrected chi connectivity index (χ0v) is 11.0. The number of carbonyl (C=O) groups excluding carboxylic acids is 1. The van der Waals surface area contributed by atoms with Crippen LogP contribution in [0.5, 0.6) is 0 Å². The molecule has 1 fully saturated rings. The van der Waals surface area contributed by atoms with Gasteiger partial charge in [-0.1, -0.05) is 6.92 Å². The van der Waals surface area contributed by atoms with Gasteiger partial charge in [-0.05, 0) is 19.3 Å². The number of aliphatic hydroxyl groups excluding tert-OH is 1. The molecule has 0 bridgehead atoms. The van der Waals surface area contributed by atoms with E-state index < -0.39 is 5.54 Å². The van der Waals surface area contributed by atoms with Gasteiger partial charge >= 0.3 is 0 Å². The van der Waals surface area contributed by atoms with Gasteiger partial charge in [0.15, 0.2) is 5.69 Å². The van der Waals surface area contributed by atoms with Crippen LogP contribution in [0.25, 0.3) is 0 Å². The molecule has 1 amide bonds. The lowest BCUT2D eigenvalue weighted by Crippen LogP contribution is -2.54. The minimum Gasteiger partial charge on any atom is -0.395 e. The van der Waals surface area contributed by atoms with Gasteiger partial charge in [0.25, 0.3) is 5.91 Å². The van der Waals surface area contributed by atoms with Crippen molar-refractivity contribution >= 4 is 11.6 Å². The molecular formula is C12H20N4O3. The molecule has 5 N–H and O–H groups in total. The van der Waals surface area contributed by atoms with Crippen LogP contribution >= 0.6 is 0 Å². The van der Waals surface area contributed by atoms with Crippen LogP contribution in [0, 0.1) is 0 Å². The van der Waals surface area contributed by atoms with Crippen molar-refractivity contribution in [3.8, 4) is 0 Å². The zero-order valence-electron chi connectivity index (χ0n) is 11.0. The summed E-state index contributed by atoms with van der Waals surface area (Å²) in [4.78, 5) is 12.2. The lowest BCUT2D eigenvalue weighted by molar-refractivity contribution is 0.0124. The van der Waals surface area contributed by atoms with E-state index in [4.69, 9.17) is 10.5 Å². The first-order valence-corrected chi connectivity index (χ1v) is 6.45. The van der Waals surface area contributed by atoms with Crippen LogP contribution in [0.15, 0.2) is 0 Å². The number of nitrogen functional groups attached to an aromatic ring is 1. The molecule has 0 aromatic carbocycles. The molecule has 1 saturated heterocycles. The topological polar surface area (TPSA) is 113 Å². The summed E-state index contributed by atoms with van der Waals surface area (Å²) in [5.74, 6) is -0.357. The standard InChI is InChI=1S/C12H20N4O3/c1-2-8-9(13)10(16-15-8)11(18)14-12(7-17)3-5-19-6-4-12/h17H,2-7,13H2,1H3,(H,14,18)(H,15,16). The zero-order chi connectivity index (χ0) is 13.9. The van der Waals surface area contributed by atoms with Gasteiger partial charge in [-0.15, -0.1) is 0 Å². The lowest BCUT2D eigenvalue weighted by Gasteiger charge is -2.36. The van der Waals surface area contributed by atoms with Crippen LogP contribution in [0.4, 0.5) is 5.69 Å². The molecule has 7 heteroatoms. The van der Waals surface area contributed by atoms with Gasteiger partial charge < -0.3 is 20.9 Å². The highest BCUT2D eigenvalue weighted by Crippen LogP contribution is 2.22. The van der Waals surface area contributed by atoms with Crippen molar-refractivity contribution in [2.75, 3.05) is 25.6 Å². The Morgan fingerprint density at radius 2 is 2.26 bits per heavy atom. The Morgan fingerprint density at radius 1 is 1.58 bits per heavy atom. The Hall–Kier alpha value is -1.60. The molecule has 2 rings (SSSR count). The molecule has 1 aromatic rings. The number of H-pyrrole nitrogens is 1. The van der Waals surface area contributed by atoms with E-state index in [1.807, 2.05) is 6.92 Å². The number of hydrogen-bond donors (Lipinski definition) is 4. The quantitative estimate of drug-likeness (QED) is 0.605. The normalized spacial score (nSPS) is 18.2. The summed E-state index contributed by atoms with van der Waals surface area (Å²) < 4.78 is 5.25. The van der Waals surface area contributed by atoms with Crippen molar-refractivity contribution in [1.29, 1.82) is 0 Å². The Morgan fingerprint density at radius 3 is 2.79 bits per heavy atom. The smallest absolute Gasteiger partial charge is 0.274 e. The minimum absolute atomic E-state index is 0.118.